The number of rotatable bonds is 5. The van der Waals surface area contributed by atoms with Gasteiger partial charge in [-0.2, -0.15) is 0 Å². The van der Waals surface area contributed by atoms with E-state index < -0.39 is 0 Å². The highest BCUT2D eigenvalue weighted by atomic mass is 16.5. The molecule has 24 heavy (non-hydrogen) atoms. The van der Waals surface area contributed by atoms with Crippen LogP contribution in [0.2, 0.25) is 0 Å². The molecule has 2 N–H and O–H groups in total. The number of phenolic OH excluding ortho intramolecular Hbond substituents is 1. The summed E-state index contributed by atoms with van der Waals surface area (Å²) in [5, 5.41) is 12.8. The van der Waals surface area contributed by atoms with Crippen molar-refractivity contribution in [3.63, 3.8) is 0 Å². The van der Waals surface area contributed by atoms with Crippen molar-refractivity contribution >= 4 is 12.0 Å². The van der Waals surface area contributed by atoms with Gasteiger partial charge in [0.2, 0.25) is 5.91 Å². The largest absolute Gasteiger partial charge is 0.504 e. The first-order valence-electron chi connectivity index (χ1n) is 8.76. The lowest BCUT2D eigenvalue weighted by Crippen LogP contribution is -2.45. The van der Waals surface area contributed by atoms with E-state index in [1.807, 2.05) is 0 Å². The van der Waals surface area contributed by atoms with E-state index in [1.165, 1.54) is 20.0 Å². The van der Waals surface area contributed by atoms with E-state index >= 15 is 0 Å². The van der Waals surface area contributed by atoms with Crippen molar-refractivity contribution < 1.29 is 14.6 Å². The van der Waals surface area contributed by atoms with E-state index in [-0.39, 0.29) is 17.7 Å². The molecule has 0 aliphatic heterocycles. The van der Waals surface area contributed by atoms with Gasteiger partial charge >= 0.3 is 0 Å². The number of hydrogen-bond acceptors (Lipinski definition) is 3. The molecule has 132 valence electrons. The van der Waals surface area contributed by atoms with Crippen molar-refractivity contribution in [3.8, 4) is 11.5 Å². The molecule has 0 saturated heterocycles. The highest BCUT2D eigenvalue weighted by Crippen LogP contribution is 2.33. The highest BCUT2D eigenvalue weighted by Gasteiger charge is 2.31. The number of nitrogens with one attached hydrogen (secondary N) is 1. The molecular formula is C20H29NO3. The second kappa shape index (κ2) is 8.22. The standard InChI is InChI=1S/C20H29NO3/c1-13(2)16-8-5-14(3)11-17(16)21-20(23)10-7-15-6-9-18(22)19(12-15)24-4/h6-7,9-10,12-14,16-17,22H,5,8,11H2,1-4H3,(H,21,23)/t14-,16+,17+/m1/s1. The molecule has 4 nitrogen and oxygen atoms in total. The van der Waals surface area contributed by atoms with Crippen LogP contribution in [0.4, 0.5) is 0 Å². The number of phenols is 1. The minimum atomic E-state index is -0.0632. The number of ether oxygens (including phenoxy) is 1. The monoisotopic (exact) mass is 331 g/mol. The number of benzene rings is 1. The van der Waals surface area contributed by atoms with Gasteiger partial charge < -0.3 is 15.2 Å². The molecule has 1 aromatic carbocycles. The fourth-order valence-electron chi connectivity index (χ4n) is 3.57. The Balaban J connectivity index is 2.01. The maximum absolute atomic E-state index is 12.3. The van der Waals surface area contributed by atoms with Crippen LogP contribution in [0.3, 0.4) is 0 Å². The lowest BCUT2D eigenvalue weighted by atomic mass is 9.74. The fraction of sp³-hybridized carbons (Fsp3) is 0.550. The van der Waals surface area contributed by atoms with Crippen LogP contribution >= 0.6 is 0 Å². The smallest absolute Gasteiger partial charge is 0.244 e. The maximum atomic E-state index is 12.3. The number of hydrogen-bond donors (Lipinski definition) is 2. The van der Waals surface area contributed by atoms with Gasteiger partial charge in [0.05, 0.1) is 7.11 Å². The predicted octanol–water partition coefficient (Wildman–Crippen LogP) is 3.99. The molecule has 1 fully saturated rings. The number of carbonyl (C=O) groups is 1. The Morgan fingerprint density at radius 3 is 2.79 bits per heavy atom. The molecule has 1 aromatic rings. The van der Waals surface area contributed by atoms with Gasteiger partial charge in [-0.05, 0) is 54.4 Å². The van der Waals surface area contributed by atoms with Crippen LogP contribution in [0.1, 0.15) is 45.6 Å². The van der Waals surface area contributed by atoms with Gasteiger partial charge in [0.25, 0.3) is 0 Å². The SMILES string of the molecule is COc1cc(C=CC(=O)N[C@H]2C[C@H](C)CC[C@H]2C(C)C)ccc1O. The lowest BCUT2D eigenvalue weighted by molar-refractivity contribution is -0.118. The van der Waals surface area contributed by atoms with Crippen molar-refractivity contribution in [3.05, 3.63) is 29.8 Å². The number of aromatic hydroxyl groups is 1. The third-order valence-corrected chi connectivity index (χ3v) is 4.98. The van der Waals surface area contributed by atoms with Crippen LogP contribution in [0.5, 0.6) is 11.5 Å². The van der Waals surface area contributed by atoms with Gasteiger partial charge in [0.1, 0.15) is 0 Å². The van der Waals surface area contributed by atoms with Crippen LogP contribution in [0, 0.1) is 17.8 Å². The summed E-state index contributed by atoms with van der Waals surface area (Å²) in [6.45, 7) is 6.73. The quantitative estimate of drug-likeness (QED) is 0.802. The van der Waals surface area contributed by atoms with E-state index in [0.717, 1.165) is 12.0 Å². The molecule has 1 aliphatic carbocycles. The van der Waals surface area contributed by atoms with Crippen LogP contribution in [-0.4, -0.2) is 24.2 Å². The molecule has 0 bridgehead atoms. The molecule has 4 heteroatoms. The lowest BCUT2D eigenvalue weighted by Gasteiger charge is -2.37. The van der Waals surface area contributed by atoms with E-state index in [9.17, 15) is 9.90 Å². The van der Waals surface area contributed by atoms with Gasteiger partial charge in [-0.1, -0.05) is 33.3 Å². The Labute approximate surface area is 144 Å². The summed E-state index contributed by atoms with van der Waals surface area (Å²) in [5.74, 6) is 2.22. The summed E-state index contributed by atoms with van der Waals surface area (Å²) in [7, 11) is 1.51. The van der Waals surface area contributed by atoms with Crippen LogP contribution < -0.4 is 10.1 Å². The molecule has 3 atom stereocenters. The van der Waals surface area contributed by atoms with E-state index in [1.54, 1.807) is 30.4 Å². The highest BCUT2D eigenvalue weighted by molar-refractivity contribution is 5.92. The van der Waals surface area contributed by atoms with E-state index in [0.29, 0.717) is 23.5 Å². The Kier molecular flexibility index (Phi) is 6.29. The zero-order chi connectivity index (χ0) is 17.7. The Hall–Kier alpha value is -1.97. The summed E-state index contributed by atoms with van der Waals surface area (Å²) in [6, 6.07) is 5.27. The van der Waals surface area contributed by atoms with Crippen LogP contribution in [0.15, 0.2) is 24.3 Å². The molecule has 1 saturated carbocycles. The molecule has 0 spiro atoms. The van der Waals surface area contributed by atoms with Crippen LogP contribution in [0.25, 0.3) is 6.08 Å². The second-order valence-electron chi connectivity index (χ2n) is 7.21. The van der Waals surface area contributed by atoms with Gasteiger partial charge in [-0.15, -0.1) is 0 Å². The van der Waals surface area contributed by atoms with Gasteiger partial charge in [0, 0.05) is 12.1 Å². The second-order valence-corrected chi connectivity index (χ2v) is 7.21. The first kappa shape index (κ1) is 18.4. The van der Waals surface area contributed by atoms with Crippen molar-refractivity contribution in [2.45, 2.75) is 46.1 Å². The summed E-state index contributed by atoms with van der Waals surface area (Å²) in [5.41, 5.74) is 0.817. The zero-order valence-electron chi connectivity index (χ0n) is 15.1. The molecule has 0 radical (unpaired) electrons. The molecule has 1 amide bonds. The normalized spacial score (nSPS) is 24.3. The molecule has 0 aromatic heterocycles. The van der Waals surface area contributed by atoms with Crippen LogP contribution in [-0.2, 0) is 4.79 Å². The van der Waals surface area contributed by atoms with Gasteiger partial charge in [-0.25, -0.2) is 0 Å². The third-order valence-electron chi connectivity index (χ3n) is 4.98. The minimum absolute atomic E-state index is 0.0632. The minimum Gasteiger partial charge on any atom is -0.504 e. The Bertz CT molecular complexity index is 595. The predicted molar refractivity (Wildman–Crippen MR) is 97.0 cm³/mol. The van der Waals surface area contributed by atoms with Crippen molar-refractivity contribution in [2.24, 2.45) is 17.8 Å². The molecular weight excluding hydrogens is 302 g/mol. The zero-order valence-corrected chi connectivity index (χ0v) is 15.1. The molecule has 1 aliphatic rings. The van der Waals surface area contributed by atoms with Crippen molar-refractivity contribution in [1.29, 1.82) is 0 Å². The molecule has 0 heterocycles. The third kappa shape index (κ3) is 4.76. The van der Waals surface area contributed by atoms with Crippen molar-refractivity contribution in [1.82, 2.24) is 5.32 Å². The molecule has 0 unspecified atom stereocenters. The average Bonchev–Trinajstić information content (AvgIpc) is 2.53. The average molecular weight is 331 g/mol. The fourth-order valence-corrected chi connectivity index (χ4v) is 3.57. The molecule has 2 rings (SSSR count). The summed E-state index contributed by atoms with van der Waals surface area (Å²) in [6.07, 6.45) is 6.78. The van der Waals surface area contributed by atoms with Gasteiger partial charge in [0.15, 0.2) is 11.5 Å². The summed E-state index contributed by atoms with van der Waals surface area (Å²) >= 11 is 0. The number of methoxy groups -OCH3 is 1. The first-order valence-corrected chi connectivity index (χ1v) is 8.76. The Morgan fingerprint density at radius 2 is 2.12 bits per heavy atom. The van der Waals surface area contributed by atoms with Gasteiger partial charge in [-0.3, -0.25) is 4.79 Å². The topological polar surface area (TPSA) is 58.6 Å². The number of amides is 1. The van der Waals surface area contributed by atoms with Crippen molar-refractivity contribution in [2.75, 3.05) is 7.11 Å². The van der Waals surface area contributed by atoms with E-state index in [4.69, 9.17) is 4.74 Å². The summed E-state index contributed by atoms with van der Waals surface area (Å²) in [4.78, 5) is 12.3. The maximum Gasteiger partial charge on any atom is 0.244 e. The summed E-state index contributed by atoms with van der Waals surface area (Å²) < 4.78 is 5.08. The Morgan fingerprint density at radius 1 is 1.38 bits per heavy atom. The first-order chi connectivity index (χ1) is 11.4. The number of carbonyl (C=O) groups excluding carboxylic acids is 1. The van der Waals surface area contributed by atoms with E-state index in [2.05, 4.69) is 26.1 Å².